The zero-order chi connectivity index (χ0) is 21.2. The predicted molar refractivity (Wildman–Crippen MR) is 102 cm³/mol. The van der Waals surface area contributed by atoms with Gasteiger partial charge in [-0.05, 0) is 23.6 Å². The van der Waals surface area contributed by atoms with Crippen molar-refractivity contribution in [3.8, 4) is 0 Å². The molecule has 0 aromatic heterocycles. The minimum absolute atomic E-state index is 0.118. The normalized spacial score (nSPS) is 11.0. The Hall–Kier alpha value is -4.34. The summed E-state index contributed by atoms with van der Waals surface area (Å²) in [5, 5.41) is 33.9. The van der Waals surface area contributed by atoms with Crippen LogP contribution in [0.4, 0.5) is 5.69 Å². The largest absolute Gasteiger partial charge is 0.649 e. The van der Waals surface area contributed by atoms with E-state index >= 15 is 0 Å². The molecule has 1 N–H and O–H groups in total. The fraction of sp³-hybridized carbons (Fsp3) is 0.0526. The minimum atomic E-state index is -3.96. The fourth-order valence-electron chi connectivity index (χ4n) is 3.01. The van der Waals surface area contributed by atoms with Crippen molar-refractivity contribution in [1.29, 1.82) is 0 Å². The standard InChI is InChI=1S/C19H13N3O7/c23-17(14-8-2-1-3-9-14)20(19(18(24)25,21(26)27)22(28)29)16-12-6-10-13-7-4-5-11-15(13)16/h1-12H,(H,24,25). The van der Waals surface area contributed by atoms with Crippen molar-refractivity contribution in [1.82, 2.24) is 0 Å². The van der Waals surface area contributed by atoms with Crippen LogP contribution in [-0.2, 0) is 4.79 Å². The van der Waals surface area contributed by atoms with Crippen molar-refractivity contribution in [3.05, 3.63) is 98.6 Å². The van der Waals surface area contributed by atoms with Crippen molar-refractivity contribution in [2.75, 3.05) is 4.90 Å². The summed E-state index contributed by atoms with van der Waals surface area (Å²) in [6, 6.07) is 17.7. The average molecular weight is 395 g/mol. The monoisotopic (exact) mass is 395 g/mol. The number of carboxylic acid groups (broad SMARTS) is 1. The number of amides is 1. The van der Waals surface area contributed by atoms with Crippen LogP contribution in [0, 0.1) is 20.2 Å². The van der Waals surface area contributed by atoms with Crippen molar-refractivity contribution >= 4 is 28.3 Å². The third-order valence-corrected chi connectivity index (χ3v) is 4.34. The van der Waals surface area contributed by atoms with Gasteiger partial charge in [-0.1, -0.05) is 54.6 Å². The molecular formula is C19H13N3O7. The molecule has 3 aromatic rings. The van der Waals surface area contributed by atoms with Crippen LogP contribution in [-0.4, -0.2) is 32.6 Å². The molecule has 0 saturated heterocycles. The first-order chi connectivity index (χ1) is 13.8. The molecular weight excluding hydrogens is 382 g/mol. The summed E-state index contributed by atoms with van der Waals surface area (Å²) in [4.78, 5) is 45.6. The van der Waals surface area contributed by atoms with E-state index in [4.69, 9.17) is 0 Å². The van der Waals surface area contributed by atoms with Crippen molar-refractivity contribution in [2.45, 2.75) is 5.79 Å². The van der Waals surface area contributed by atoms with Gasteiger partial charge in [0, 0.05) is 10.9 Å². The van der Waals surface area contributed by atoms with Gasteiger partial charge in [-0.3, -0.25) is 25.0 Å². The van der Waals surface area contributed by atoms with Gasteiger partial charge in [0.1, 0.15) is 9.85 Å². The zero-order valence-electron chi connectivity index (χ0n) is 14.7. The van der Waals surface area contributed by atoms with Crippen LogP contribution >= 0.6 is 0 Å². The van der Waals surface area contributed by atoms with Gasteiger partial charge in [0.05, 0.1) is 5.69 Å². The Morgan fingerprint density at radius 2 is 1.38 bits per heavy atom. The van der Waals surface area contributed by atoms with Gasteiger partial charge in [-0.2, -0.15) is 4.90 Å². The third kappa shape index (κ3) is 3.02. The van der Waals surface area contributed by atoms with E-state index in [1.54, 1.807) is 30.3 Å². The Kier molecular flexibility index (Phi) is 4.92. The first-order valence-corrected chi connectivity index (χ1v) is 8.21. The SMILES string of the molecule is O=C(c1ccccc1)N(c1cccc2ccccc12)C(C(=O)O)([N+](=O)[O-])[N+](=O)[O-]. The molecule has 146 valence electrons. The maximum atomic E-state index is 13.2. The number of benzene rings is 3. The minimum Gasteiger partial charge on any atom is -0.469 e. The molecule has 0 radical (unpaired) electrons. The Labute approximate surface area is 162 Å². The summed E-state index contributed by atoms with van der Waals surface area (Å²) in [6.45, 7) is 0. The van der Waals surface area contributed by atoms with E-state index in [9.17, 15) is 34.9 Å². The van der Waals surface area contributed by atoms with Crippen LogP contribution in [0.25, 0.3) is 10.8 Å². The molecule has 3 rings (SSSR count). The summed E-state index contributed by atoms with van der Waals surface area (Å²) in [6.07, 6.45) is 0. The molecule has 0 aliphatic carbocycles. The molecule has 0 fully saturated rings. The van der Waals surface area contributed by atoms with Crippen LogP contribution in [0.5, 0.6) is 0 Å². The van der Waals surface area contributed by atoms with E-state index in [0.29, 0.717) is 5.39 Å². The second-order valence-electron chi connectivity index (χ2n) is 5.96. The van der Waals surface area contributed by atoms with Gasteiger partial charge in [-0.25, -0.2) is 4.79 Å². The molecule has 0 saturated carbocycles. The number of carboxylic acids is 1. The van der Waals surface area contributed by atoms with Crippen molar-refractivity contribution in [2.24, 2.45) is 0 Å². The van der Waals surface area contributed by atoms with Crippen LogP contribution in [0.1, 0.15) is 10.4 Å². The molecule has 29 heavy (non-hydrogen) atoms. The number of carbonyl (C=O) groups excluding carboxylic acids is 1. The molecule has 0 aliphatic heterocycles. The number of carbonyl (C=O) groups is 2. The van der Waals surface area contributed by atoms with Gasteiger partial charge < -0.3 is 5.11 Å². The second kappa shape index (κ2) is 7.35. The summed E-state index contributed by atoms with van der Waals surface area (Å²) in [7, 11) is 0. The van der Waals surface area contributed by atoms with E-state index in [2.05, 4.69) is 0 Å². The highest BCUT2D eigenvalue weighted by atomic mass is 16.7. The molecule has 3 aromatic carbocycles. The summed E-state index contributed by atoms with van der Waals surface area (Å²) in [5.74, 6) is -7.56. The first-order valence-electron chi connectivity index (χ1n) is 8.21. The summed E-state index contributed by atoms with van der Waals surface area (Å²) >= 11 is 0. The highest BCUT2D eigenvalue weighted by Crippen LogP contribution is 2.34. The van der Waals surface area contributed by atoms with E-state index < -0.39 is 27.5 Å². The smallest absolute Gasteiger partial charge is 0.469 e. The summed E-state index contributed by atoms with van der Waals surface area (Å²) < 4.78 is 0. The molecule has 0 heterocycles. The fourth-order valence-corrected chi connectivity index (χ4v) is 3.01. The number of fused-ring (bicyclic) bond motifs is 1. The average Bonchev–Trinajstić information content (AvgIpc) is 2.71. The maximum Gasteiger partial charge on any atom is 0.649 e. The van der Waals surface area contributed by atoms with Gasteiger partial charge in [-0.15, -0.1) is 0 Å². The maximum absolute atomic E-state index is 13.2. The predicted octanol–water partition coefficient (Wildman–Crippen LogP) is 2.78. The highest BCUT2D eigenvalue weighted by molar-refractivity contribution is 6.13. The lowest BCUT2D eigenvalue weighted by atomic mass is 10.0. The van der Waals surface area contributed by atoms with Gasteiger partial charge in [0.2, 0.25) is 0 Å². The van der Waals surface area contributed by atoms with Gasteiger partial charge in [0.15, 0.2) is 0 Å². The Morgan fingerprint density at radius 1 is 0.828 bits per heavy atom. The molecule has 0 aliphatic rings. The van der Waals surface area contributed by atoms with Crippen LogP contribution in [0.3, 0.4) is 0 Å². The molecule has 0 atom stereocenters. The van der Waals surface area contributed by atoms with Crippen LogP contribution in [0.15, 0.2) is 72.8 Å². The van der Waals surface area contributed by atoms with Crippen LogP contribution < -0.4 is 4.90 Å². The zero-order valence-corrected chi connectivity index (χ0v) is 14.7. The molecule has 0 unspecified atom stereocenters. The number of anilines is 1. The first kappa shape index (κ1) is 19.4. The van der Waals surface area contributed by atoms with Gasteiger partial charge in [0.25, 0.3) is 5.91 Å². The number of aliphatic carboxylic acids is 1. The molecule has 1 amide bonds. The topological polar surface area (TPSA) is 144 Å². The van der Waals surface area contributed by atoms with Crippen molar-refractivity contribution < 1.29 is 24.5 Å². The van der Waals surface area contributed by atoms with Gasteiger partial charge >= 0.3 is 11.8 Å². The third-order valence-electron chi connectivity index (χ3n) is 4.34. The summed E-state index contributed by atoms with van der Waals surface area (Å²) in [5.41, 5.74) is -0.414. The Morgan fingerprint density at radius 3 is 1.97 bits per heavy atom. The van der Waals surface area contributed by atoms with E-state index in [0.717, 1.165) is 0 Å². The van der Waals surface area contributed by atoms with Crippen LogP contribution in [0.2, 0.25) is 0 Å². The van der Waals surface area contributed by atoms with Crippen molar-refractivity contribution in [3.63, 3.8) is 0 Å². The number of nitrogens with zero attached hydrogens (tertiary/aromatic N) is 3. The second-order valence-corrected chi connectivity index (χ2v) is 5.96. The number of hydrogen-bond acceptors (Lipinski definition) is 6. The Bertz CT molecular complexity index is 1090. The van der Waals surface area contributed by atoms with E-state index in [1.165, 1.54) is 42.5 Å². The number of rotatable bonds is 6. The molecule has 0 bridgehead atoms. The number of nitro groups is 2. The molecule has 10 heteroatoms. The van der Waals surface area contributed by atoms with E-state index in [1.807, 2.05) is 0 Å². The molecule has 10 nitrogen and oxygen atoms in total. The lowest BCUT2D eigenvalue weighted by Gasteiger charge is -2.27. The highest BCUT2D eigenvalue weighted by Gasteiger charge is 2.73. The lowest BCUT2D eigenvalue weighted by Crippen LogP contribution is -2.67. The lowest BCUT2D eigenvalue weighted by molar-refractivity contribution is -0.774. The van der Waals surface area contributed by atoms with E-state index in [-0.39, 0.29) is 21.5 Å². The quantitative estimate of drug-likeness (QED) is 0.384. The molecule has 0 spiro atoms. The Balaban J connectivity index is 2.42. The number of hydrogen-bond donors (Lipinski definition) is 1.